The van der Waals surface area contributed by atoms with Crippen molar-refractivity contribution in [3.8, 4) is 0 Å². The molecule has 0 atom stereocenters. The summed E-state index contributed by atoms with van der Waals surface area (Å²) in [5.41, 5.74) is 1.37. The smallest absolute Gasteiger partial charge is 0.257 e. The fourth-order valence-electron chi connectivity index (χ4n) is 3.42. The molecule has 0 bridgehead atoms. The lowest BCUT2D eigenvalue weighted by molar-refractivity contribution is -0.121. The number of nitrogens with one attached hydrogen (secondary N) is 1. The first-order chi connectivity index (χ1) is 12.7. The summed E-state index contributed by atoms with van der Waals surface area (Å²) in [7, 11) is 0. The maximum Gasteiger partial charge on any atom is 0.257 e. The largest absolute Gasteiger partial charge is 0.472 e. The number of hydrogen-bond donors (Lipinski definition) is 1. The van der Waals surface area contributed by atoms with Crippen LogP contribution in [-0.4, -0.2) is 29.8 Å². The van der Waals surface area contributed by atoms with Crippen LogP contribution in [-0.2, 0) is 4.79 Å². The third kappa shape index (κ3) is 3.33. The summed E-state index contributed by atoms with van der Waals surface area (Å²) in [6, 6.07) is 15.7. The molecule has 1 aliphatic heterocycles. The summed E-state index contributed by atoms with van der Waals surface area (Å²) in [6.07, 6.45) is 4.30. The molecular formula is C21H20N2O3. The third-order valence-corrected chi connectivity index (χ3v) is 4.94. The first kappa shape index (κ1) is 16.4. The first-order valence-electron chi connectivity index (χ1n) is 8.82. The van der Waals surface area contributed by atoms with Gasteiger partial charge in [0, 0.05) is 24.7 Å². The Morgan fingerprint density at radius 1 is 1.00 bits per heavy atom. The van der Waals surface area contributed by atoms with Gasteiger partial charge in [-0.2, -0.15) is 0 Å². The number of carbonyl (C=O) groups excluding carboxylic acids is 2. The Morgan fingerprint density at radius 2 is 1.77 bits per heavy atom. The Bertz CT molecular complexity index is 925. The Balaban J connectivity index is 1.36. The number of likely N-dealkylation sites (tertiary alicyclic amines) is 1. The van der Waals surface area contributed by atoms with Crippen LogP contribution in [0.15, 0.2) is 65.5 Å². The van der Waals surface area contributed by atoms with Gasteiger partial charge in [-0.3, -0.25) is 9.59 Å². The molecule has 1 fully saturated rings. The lowest BCUT2D eigenvalue weighted by atomic mass is 9.95. The van der Waals surface area contributed by atoms with Crippen molar-refractivity contribution in [2.24, 2.45) is 5.92 Å². The van der Waals surface area contributed by atoms with Crippen LogP contribution in [0.25, 0.3) is 10.8 Å². The maximum absolute atomic E-state index is 12.6. The molecule has 0 unspecified atom stereocenters. The third-order valence-electron chi connectivity index (χ3n) is 4.94. The molecule has 5 heteroatoms. The van der Waals surface area contributed by atoms with Crippen LogP contribution in [0, 0.1) is 5.92 Å². The van der Waals surface area contributed by atoms with Gasteiger partial charge in [-0.15, -0.1) is 0 Å². The molecule has 3 aromatic rings. The molecule has 0 saturated carbocycles. The van der Waals surface area contributed by atoms with E-state index in [-0.39, 0.29) is 17.7 Å². The molecule has 1 aliphatic rings. The molecule has 2 amide bonds. The van der Waals surface area contributed by atoms with Crippen LogP contribution in [0.2, 0.25) is 0 Å². The van der Waals surface area contributed by atoms with Crippen molar-refractivity contribution in [3.63, 3.8) is 0 Å². The van der Waals surface area contributed by atoms with E-state index in [9.17, 15) is 9.59 Å². The summed E-state index contributed by atoms with van der Waals surface area (Å²) >= 11 is 0. The normalized spacial score (nSPS) is 15.2. The van der Waals surface area contributed by atoms with Gasteiger partial charge in [0.05, 0.1) is 11.8 Å². The van der Waals surface area contributed by atoms with Gasteiger partial charge in [0.2, 0.25) is 5.91 Å². The van der Waals surface area contributed by atoms with Gasteiger partial charge in [-0.05, 0) is 41.8 Å². The van der Waals surface area contributed by atoms with Gasteiger partial charge >= 0.3 is 0 Å². The minimum absolute atomic E-state index is 0.0238. The standard InChI is InChI=1S/C21H20N2O3/c24-20(22-19-6-5-15-3-1-2-4-17(15)13-19)16-7-10-23(11-8-16)21(25)18-9-12-26-14-18/h1-6,9,12-14,16H,7-8,10-11H2,(H,22,24). The molecule has 5 nitrogen and oxygen atoms in total. The van der Waals surface area contributed by atoms with Crippen molar-refractivity contribution >= 4 is 28.3 Å². The number of anilines is 1. The summed E-state index contributed by atoms with van der Waals surface area (Å²) < 4.78 is 4.97. The van der Waals surface area contributed by atoms with Gasteiger partial charge in [0.25, 0.3) is 5.91 Å². The first-order valence-corrected chi connectivity index (χ1v) is 8.82. The number of piperidine rings is 1. The number of rotatable bonds is 3. The predicted molar refractivity (Wildman–Crippen MR) is 99.9 cm³/mol. The van der Waals surface area contributed by atoms with E-state index in [1.54, 1.807) is 11.0 Å². The number of carbonyl (C=O) groups is 2. The van der Waals surface area contributed by atoms with Crippen molar-refractivity contribution in [2.45, 2.75) is 12.8 Å². The van der Waals surface area contributed by atoms with Gasteiger partial charge in [-0.1, -0.05) is 30.3 Å². The highest BCUT2D eigenvalue weighted by molar-refractivity contribution is 5.96. The highest BCUT2D eigenvalue weighted by Crippen LogP contribution is 2.23. The van der Waals surface area contributed by atoms with Gasteiger partial charge in [0.1, 0.15) is 6.26 Å². The predicted octanol–water partition coefficient (Wildman–Crippen LogP) is 3.92. The van der Waals surface area contributed by atoms with E-state index in [0.29, 0.717) is 31.5 Å². The van der Waals surface area contributed by atoms with Crippen LogP contribution in [0.5, 0.6) is 0 Å². The number of furan rings is 1. The van der Waals surface area contributed by atoms with Crippen LogP contribution in [0.4, 0.5) is 5.69 Å². The van der Waals surface area contributed by atoms with Gasteiger partial charge in [-0.25, -0.2) is 0 Å². The molecule has 1 saturated heterocycles. The van der Waals surface area contributed by atoms with E-state index >= 15 is 0 Å². The quantitative estimate of drug-likeness (QED) is 0.780. The summed E-state index contributed by atoms with van der Waals surface area (Å²) in [5.74, 6) is -0.0855. The summed E-state index contributed by atoms with van der Waals surface area (Å²) in [5, 5.41) is 5.27. The number of nitrogens with zero attached hydrogens (tertiary/aromatic N) is 1. The zero-order valence-corrected chi connectivity index (χ0v) is 14.4. The highest BCUT2D eigenvalue weighted by atomic mass is 16.3. The molecule has 4 rings (SSSR count). The van der Waals surface area contributed by atoms with E-state index in [1.807, 2.05) is 42.5 Å². The SMILES string of the molecule is O=C(Nc1ccc2ccccc2c1)C1CCN(C(=O)c2ccoc2)CC1. The lowest BCUT2D eigenvalue weighted by Crippen LogP contribution is -2.41. The Morgan fingerprint density at radius 3 is 2.50 bits per heavy atom. The molecule has 2 aromatic carbocycles. The number of hydrogen-bond acceptors (Lipinski definition) is 3. The Labute approximate surface area is 151 Å². The van der Waals surface area contributed by atoms with Gasteiger partial charge in [0.15, 0.2) is 0 Å². The fourth-order valence-corrected chi connectivity index (χ4v) is 3.42. The van der Waals surface area contributed by atoms with Crippen LogP contribution in [0.1, 0.15) is 23.2 Å². The monoisotopic (exact) mass is 348 g/mol. The zero-order valence-electron chi connectivity index (χ0n) is 14.4. The molecule has 0 radical (unpaired) electrons. The minimum Gasteiger partial charge on any atom is -0.472 e. The summed E-state index contributed by atoms with van der Waals surface area (Å²) in [6.45, 7) is 1.17. The van der Waals surface area contributed by atoms with Crippen LogP contribution < -0.4 is 5.32 Å². The lowest BCUT2D eigenvalue weighted by Gasteiger charge is -2.31. The second-order valence-electron chi connectivity index (χ2n) is 6.63. The highest BCUT2D eigenvalue weighted by Gasteiger charge is 2.28. The molecule has 1 N–H and O–H groups in total. The average molecular weight is 348 g/mol. The molecule has 132 valence electrons. The Kier molecular flexibility index (Phi) is 4.44. The molecule has 0 aliphatic carbocycles. The minimum atomic E-state index is -0.0742. The van der Waals surface area contributed by atoms with Crippen LogP contribution in [0.3, 0.4) is 0 Å². The fraction of sp³-hybridized carbons (Fsp3) is 0.238. The summed E-state index contributed by atoms with van der Waals surface area (Å²) in [4.78, 5) is 26.7. The number of amides is 2. The number of benzene rings is 2. The maximum atomic E-state index is 12.6. The second kappa shape index (κ2) is 7.04. The topological polar surface area (TPSA) is 62.6 Å². The molecule has 2 heterocycles. The van der Waals surface area contributed by atoms with E-state index < -0.39 is 0 Å². The van der Waals surface area contributed by atoms with Crippen molar-refractivity contribution in [2.75, 3.05) is 18.4 Å². The van der Waals surface area contributed by atoms with E-state index in [1.165, 1.54) is 12.5 Å². The van der Waals surface area contributed by atoms with Crippen molar-refractivity contribution < 1.29 is 14.0 Å². The van der Waals surface area contributed by atoms with Crippen molar-refractivity contribution in [1.29, 1.82) is 0 Å². The molecule has 1 aromatic heterocycles. The molecular weight excluding hydrogens is 328 g/mol. The second-order valence-corrected chi connectivity index (χ2v) is 6.63. The van der Waals surface area contributed by atoms with Gasteiger partial charge < -0.3 is 14.6 Å². The van der Waals surface area contributed by atoms with Crippen LogP contribution >= 0.6 is 0 Å². The number of fused-ring (bicyclic) bond motifs is 1. The van der Waals surface area contributed by atoms with E-state index in [4.69, 9.17) is 4.42 Å². The Hall–Kier alpha value is -3.08. The molecule has 26 heavy (non-hydrogen) atoms. The van der Waals surface area contributed by atoms with Crippen molar-refractivity contribution in [3.05, 3.63) is 66.6 Å². The van der Waals surface area contributed by atoms with E-state index in [2.05, 4.69) is 5.32 Å². The zero-order chi connectivity index (χ0) is 17.9. The van der Waals surface area contributed by atoms with Crippen molar-refractivity contribution in [1.82, 2.24) is 4.90 Å². The molecule has 0 spiro atoms. The average Bonchev–Trinajstić information content (AvgIpc) is 3.22. The van der Waals surface area contributed by atoms with E-state index in [0.717, 1.165) is 16.5 Å².